The van der Waals surface area contributed by atoms with Crippen LogP contribution in [0.5, 0.6) is 5.75 Å². The van der Waals surface area contributed by atoms with E-state index < -0.39 is 0 Å². The number of piperazine rings is 1. The molecule has 0 radical (unpaired) electrons. The van der Waals surface area contributed by atoms with Gasteiger partial charge in [0.15, 0.2) is 5.17 Å². The van der Waals surface area contributed by atoms with E-state index in [2.05, 4.69) is 9.89 Å². The minimum absolute atomic E-state index is 0.0866. The summed E-state index contributed by atoms with van der Waals surface area (Å²) in [6.45, 7) is 4.81. The van der Waals surface area contributed by atoms with Crippen molar-refractivity contribution in [2.75, 3.05) is 26.2 Å². The van der Waals surface area contributed by atoms with Gasteiger partial charge in [-0.15, -0.1) is 0 Å². The van der Waals surface area contributed by atoms with Crippen LogP contribution in [0, 0.1) is 0 Å². The van der Waals surface area contributed by atoms with Gasteiger partial charge in [0, 0.05) is 33.1 Å². The number of aliphatic imine (C=N–C) groups is 1. The highest BCUT2D eigenvalue weighted by atomic mass is 32.2. The van der Waals surface area contributed by atoms with Crippen LogP contribution in [0.1, 0.15) is 18.1 Å². The van der Waals surface area contributed by atoms with Gasteiger partial charge in [0.1, 0.15) is 12.4 Å². The first-order chi connectivity index (χ1) is 14.6. The molecule has 2 aromatic rings. The minimum atomic E-state index is -0.214. The van der Waals surface area contributed by atoms with Gasteiger partial charge in [0.2, 0.25) is 5.91 Å². The Kier molecular flexibility index (Phi) is 6.18. The van der Waals surface area contributed by atoms with Gasteiger partial charge in [0.25, 0.3) is 5.91 Å². The third-order valence-electron chi connectivity index (χ3n) is 5.03. The number of benzene rings is 2. The molecule has 2 aliphatic rings. The Bertz CT molecular complexity index is 979. The molecule has 2 amide bonds. The molecule has 1 saturated heterocycles. The topological polar surface area (TPSA) is 62.2 Å². The number of amidine groups is 1. The summed E-state index contributed by atoms with van der Waals surface area (Å²) in [6.07, 6.45) is 1.86. The van der Waals surface area contributed by atoms with Gasteiger partial charge in [-0.25, -0.2) is 0 Å². The summed E-state index contributed by atoms with van der Waals surface area (Å²) in [5, 5.41) is 0.720. The molecule has 2 aliphatic heterocycles. The van der Waals surface area contributed by atoms with Crippen molar-refractivity contribution in [2.24, 2.45) is 4.99 Å². The van der Waals surface area contributed by atoms with Crippen molar-refractivity contribution in [3.8, 4) is 5.75 Å². The van der Waals surface area contributed by atoms with Gasteiger partial charge >= 0.3 is 0 Å². The molecule has 0 bridgehead atoms. The molecule has 7 heteroatoms. The van der Waals surface area contributed by atoms with Crippen LogP contribution in [-0.4, -0.2) is 53.0 Å². The van der Waals surface area contributed by atoms with Crippen molar-refractivity contribution in [2.45, 2.75) is 13.5 Å². The van der Waals surface area contributed by atoms with E-state index in [9.17, 15) is 9.59 Å². The second-order valence-corrected chi connectivity index (χ2v) is 8.16. The molecule has 2 heterocycles. The second kappa shape index (κ2) is 9.17. The van der Waals surface area contributed by atoms with Crippen LogP contribution in [-0.2, 0) is 16.2 Å². The Hall–Kier alpha value is -3.06. The maximum Gasteiger partial charge on any atom is 0.286 e. The number of hydrogen-bond acceptors (Lipinski definition) is 5. The summed E-state index contributed by atoms with van der Waals surface area (Å²) in [5.74, 6) is 0.656. The van der Waals surface area contributed by atoms with Gasteiger partial charge in [0.05, 0.1) is 4.91 Å². The molecular formula is C23H23N3O3S. The highest BCUT2D eigenvalue weighted by Crippen LogP contribution is 2.31. The van der Waals surface area contributed by atoms with E-state index in [0.29, 0.717) is 37.7 Å². The Labute approximate surface area is 180 Å². The summed E-state index contributed by atoms with van der Waals surface area (Å²) < 4.78 is 5.81. The van der Waals surface area contributed by atoms with E-state index in [1.807, 2.05) is 65.6 Å². The van der Waals surface area contributed by atoms with Crippen molar-refractivity contribution < 1.29 is 14.3 Å². The normalized spacial score (nSPS) is 18.0. The lowest BCUT2D eigenvalue weighted by Gasteiger charge is -2.34. The number of carbonyl (C=O) groups excluding carboxylic acids is 2. The van der Waals surface area contributed by atoms with E-state index in [1.54, 1.807) is 6.92 Å². The average Bonchev–Trinajstić information content (AvgIpc) is 3.14. The summed E-state index contributed by atoms with van der Waals surface area (Å²) in [4.78, 5) is 32.5. The fraction of sp³-hybridized carbons (Fsp3) is 0.261. The van der Waals surface area contributed by atoms with Gasteiger partial charge in [-0.2, -0.15) is 4.99 Å². The molecule has 0 aromatic heterocycles. The molecule has 0 atom stereocenters. The average molecular weight is 422 g/mol. The van der Waals surface area contributed by atoms with E-state index in [0.717, 1.165) is 22.0 Å². The summed E-state index contributed by atoms with van der Waals surface area (Å²) in [6, 6.07) is 17.7. The van der Waals surface area contributed by atoms with Crippen LogP contribution >= 0.6 is 11.8 Å². The lowest BCUT2D eigenvalue weighted by Crippen LogP contribution is -2.49. The molecule has 0 unspecified atom stereocenters. The Morgan fingerprint density at radius 1 is 1.07 bits per heavy atom. The lowest BCUT2D eigenvalue weighted by molar-refractivity contribution is -0.130. The number of thioether (sulfide) groups is 1. The van der Waals surface area contributed by atoms with Crippen molar-refractivity contribution in [1.82, 2.24) is 9.80 Å². The zero-order chi connectivity index (χ0) is 20.9. The van der Waals surface area contributed by atoms with Gasteiger partial charge in [-0.05, 0) is 41.1 Å². The first-order valence-electron chi connectivity index (χ1n) is 9.88. The van der Waals surface area contributed by atoms with Gasteiger partial charge in [-0.3, -0.25) is 9.59 Å². The molecule has 1 fully saturated rings. The zero-order valence-corrected chi connectivity index (χ0v) is 17.6. The van der Waals surface area contributed by atoms with Crippen LogP contribution in [0.15, 0.2) is 64.5 Å². The lowest BCUT2D eigenvalue weighted by atomic mass is 10.2. The predicted molar refractivity (Wildman–Crippen MR) is 119 cm³/mol. The first kappa shape index (κ1) is 20.2. The SMILES string of the molecule is CC(=O)N1CCN(C2=NC(=O)C(=Cc3ccc(OCc4ccccc4)cc3)S2)CC1. The zero-order valence-electron chi connectivity index (χ0n) is 16.8. The molecule has 0 spiro atoms. The number of nitrogens with zero attached hydrogens (tertiary/aromatic N) is 3. The molecule has 0 saturated carbocycles. The Balaban J connectivity index is 1.34. The van der Waals surface area contributed by atoms with Crippen molar-refractivity contribution in [3.63, 3.8) is 0 Å². The Morgan fingerprint density at radius 2 is 1.77 bits per heavy atom. The number of hydrogen-bond donors (Lipinski definition) is 0. The maximum absolute atomic E-state index is 12.3. The van der Waals surface area contributed by atoms with Crippen LogP contribution in [0.25, 0.3) is 6.08 Å². The molecule has 154 valence electrons. The van der Waals surface area contributed by atoms with Gasteiger partial charge in [-0.1, -0.05) is 42.5 Å². The quantitative estimate of drug-likeness (QED) is 0.708. The fourth-order valence-electron chi connectivity index (χ4n) is 3.30. The van der Waals surface area contributed by atoms with E-state index in [-0.39, 0.29) is 11.8 Å². The highest BCUT2D eigenvalue weighted by Gasteiger charge is 2.28. The number of carbonyl (C=O) groups is 2. The monoisotopic (exact) mass is 421 g/mol. The minimum Gasteiger partial charge on any atom is -0.489 e. The highest BCUT2D eigenvalue weighted by molar-refractivity contribution is 8.18. The van der Waals surface area contributed by atoms with E-state index in [4.69, 9.17) is 4.74 Å². The number of amides is 2. The number of ether oxygens (including phenoxy) is 1. The first-order valence-corrected chi connectivity index (χ1v) is 10.7. The molecule has 0 aliphatic carbocycles. The van der Waals surface area contributed by atoms with Crippen LogP contribution in [0.4, 0.5) is 0 Å². The molecule has 6 nitrogen and oxygen atoms in total. The molecular weight excluding hydrogens is 398 g/mol. The van der Waals surface area contributed by atoms with Crippen LogP contribution in [0.3, 0.4) is 0 Å². The summed E-state index contributed by atoms with van der Waals surface area (Å²) >= 11 is 1.39. The Morgan fingerprint density at radius 3 is 2.43 bits per heavy atom. The molecule has 30 heavy (non-hydrogen) atoms. The van der Waals surface area contributed by atoms with Crippen molar-refractivity contribution >= 4 is 34.8 Å². The van der Waals surface area contributed by atoms with E-state index >= 15 is 0 Å². The molecule has 0 N–H and O–H groups in total. The summed E-state index contributed by atoms with van der Waals surface area (Å²) in [7, 11) is 0. The van der Waals surface area contributed by atoms with Gasteiger partial charge < -0.3 is 14.5 Å². The fourth-order valence-corrected chi connectivity index (χ4v) is 4.26. The summed E-state index contributed by atoms with van der Waals surface area (Å²) in [5.41, 5.74) is 2.04. The third kappa shape index (κ3) is 4.91. The smallest absolute Gasteiger partial charge is 0.286 e. The van der Waals surface area contributed by atoms with E-state index in [1.165, 1.54) is 11.8 Å². The standard InChI is InChI=1S/C23H23N3O3S/c1-17(27)25-11-13-26(14-12-25)23-24-22(28)21(30-23)15-18-7-9-20(10-8-18)29-16-19-5-3-2-4-6-19/h2-10,15H,11-14,16H2,1H3. The third-order valence-corrected chi connectivity index (χ3v) is 6.08. The maximum atomic E-state index is 12.3. The predicted octanol–water partition coefficient (Wildman–Crippen LogP) is 3.40. The van der Waals surface area contributed by atoms with Crippen LogP contribution < -0.4 is 4.74 Å². The molecule has 2 aromatic carbocycles. The largest absolute Gasteiger partial charge is 0.489 e. The van der Waals surface area contributed by atoms with Crippen molar-refractivity contribution in [3.05, 3.63) is 70.6 Å². The van der Waals surface area contributed by atoms with Crippen molar-refractivity contribution in [1.29, 1.82) is 0 Å². The number of rotatable bonds is 4. The second-order valence-electron chi connectivity index (χ2n) is 7.15. The van der Waals surface area contributed by atoms with Crippen LogP contribution in [0.2, 0.25) is 0 Å². The molecule has 4 rings (SSSR count).